The average molecular weight is 333 g/mol. The number of aliphatic hydroxyl groups is 1. The van der Waals surface area contributed by atoms with Crippen LogP contribution in [0.15, 0.2) is 0 Å². The van der Waals surface area contributed by atoms with E-state index in [1.807, 2.05) is 37.4 Å². The van der Waals surface area contributed by atoms with Crippen molar-refractivity contribution in [2.75, 3.05) is 37.7 Å². The first kappa shape index (κ1) is 19.6. The maximum atomic E-state index is 12.1. The molecule has 2 N–H and O–H groups in total. The molecule has 0 aromatic rings. The minimum Gasteiger partial charge on any atom is -0.444 e. The molecule has 0 spiro atoms. The SMILES string of the molecule is CC(C)(C)OC(=O)N1CCCC(NCCSCCCO)CC1. The molecule has 1 saturated heterocycles. The fourth-order valence-corrected chi connectivity index (χ4v) is 3.21. The summed E-state index contributed by atoms with van der Waals surface area (Å²) >= 11 is 1.88. The number of rotatable bonds is 7. The van der Waals surface area contributed by atoms with Crippen LogP contribution in [-0.4, -0.2) is 65.5 Å². The van der Waals surface area contributed by atoms with Crippen LogP contribution in [0.1, 0.15) is 46.5 Å². The third kappa shape index (κ3) is 8.86. The molecule has 0 saturated carbocycles. The van der Waals surface area contributed by atoms with Gasteiger partial charge in [0.2, 0.25) is 0 Å². The van der Waals surface area contributed by atoms with Gasteiger partial charge in [-0.3, -0.25) is 0 Å². The Balaban J connectivity index is 2.20. The van der Waals surface area contributed by atoms with Gasteiger partial charge in [0.1, 0.15) is 5.60 Å². The van der Waals surface area contributed by atoms with E-state index in [0.29, 0.717) is 6.04 Å². The highest BCUT2D eigenvalue weighted by molar-refractivity contribution is 7.99. The van der Waals surface area contributed by atoms with Crippen LogP contribution in [0.25, 0.3) is 0 Å². The minimum atomic E-state index is -0.424. The lowest BCUT2D eigenvalue weighted by molar-refractivity contribution is 0.0256. The molecule has 6 heteroatoms. The van der Waals surface area contributed by atoms with E-state index in [4.69, 9.17) is 9.84 Å². The third-order valence-corrected chi connectivity index (χ3v) is 4.58. The van der Waals surface area contributed by atoms with E-state index in [9.17, 15) is 4.79 Å². The van der Waals surface area contributed by atoms with Crippen LogP contribution in [0.3, 0.4) is 0 Å². The Morgan fingerprint density at radius 3 is 2.77 bits per heavy atom. The Morgan fingerprint density at radius 1 is 1.32 bits per heavy atom. The van der Waals surface area contributed by atoms with E-state index < -0.39 is 5.60 Å². The van der Waals surface area contributed by atoms with Gasteiger partial charge in [-0.15, -0.1) is 0 Å². The van der Waals surface area contributed by atoms with Crippen molar-refractivity contribution in [2.24, 2.45) is 0 Å². The van der Waals surface area contributed by atoms with Crippen LogP contribution in [-0.2, 0) is 4.74 Å². The second-order valence-corrected chi connectivity index (χ2v) is 7.96. The lowest BCUT2D eigenvalue weighted by atomic mass is 10.1. The number of likely N-dealkylation sites (tertiary alicyclic amines) is 1. The monoisotopic (exact) mass is 332 g/mol. The molecule has 0 aromatic heterocycles. The molecule has 1 heterocycles. The van der Waals surface area contributed by atoms with Crippen LogP contribution in [0, 0.1) is 0 Å². The molecule has 5 nitrogen and oxygen atoms in total. The Bertz CT molecular complexity index is 321. The zero-order valence-electron chi connectivity index (χ0n) is 14.3. The first-order valence-electron chi connectivity index (χ1n) is 8.32. The fourth-order valence-electron chi connectivity index (χ4n) is 2.41. The van der Waals surface area contributed by atoms with Gasteiger partial charge < -0.3 is 20.1 Å². The Labute approximate surface area is 139 Å². The molecule has 1 fully saturated rings. The molecule has 0 aromatic carbocycles. The molecule has 0 bridgehead atoms. The zero-order chi connectivity index (χ0) is 16.4. The minimum absolute atomic E-state index is 0.187. The molecule has 1 unspecified atom stereocenters. The largest absolute Gasteiger partial charge is 0.444 e. The van der Waals surface area contributed by atoms with E-state index in [0.717, 1.165) is 56.8 Å². The van der Waals surface area contributed by atoms with Gasteiger partial charge in [0.25, 0.3) is 0 Å². The van der Waals surface area contributed by atoms with Crippen LogP contribution in [0.5, 0.6) is 0 Å². The van der Waals surface area contributed by atoms with Gasteiger partial charge in [-0.25, -0.2) is 4.79 Å². The number of nitrogens with zero attached hydrogens (tertiary/aromatic N) is 1. The fraction of sp³-hybridized carbons (Fsp3) is 0.938. The summed E-state index contributed by atoms with van der Waals surface area (Å²) in [6.07, 6.45) is 3.81. The molecule has 1 rings (SSSR count). The summed E-state index contributed by atoms with van der Waals surface area (Å²) in [7, 11) is 0. The highest BCUT2D eigenvalue weighted by Gasteiger charge is 2.24. The number of carbonyl (C=O) groups is 1. The van der Waals surface area contributed by atoms with Gasteiger partial charge in [-0.2, -0.15) is 11.8 Å². The summed E-state index contributed by atoms with van der Waals surface area (Å²) in [5.74, 6) is 2.10. The molecular weight excluding hydrogens is 300 g/mol. The summed E-state index contributed by atoms with van der Waals surface area (Å²) in [6.45, 7) is 8.55. The summed E-state index contributed by atoms with van der Waals surface area (Å²) in [5, 5.41) is 12.3. The lowest BCUT2D eigenvalue weighted by Crippen LogP contribution is -2.38. The van der Waals surface area contributed by atoms with E-state index in [1.165, 1.54) is 0 Å². The van der Waals surface area contributed by atoms with E-state index >= 15 is 0 Å². The topological polar surface area (TPSA) is 61.8 Å². The molecule has 0 aliphatic carbocycles. The molecule has 1 aliphatic rings. The van der Waals surface area contributed by atoms with Crippen LogP contribution >= 0.6 is 11.8 Å². The van der Waals surface area contributed by atoms with Gasteiger partial charge in [0.05, 0.1) is 0 Å². The summed E-state index contributed by atoms with van der Waals surface area (Å²) in [4.78, 5) is 13.9. The molecule has 130 valence electrons. The Kier molecular flexibility index (Phi) is 9.21. The summed E-state index contributed by atoms with van der Waals surface area (Å²) < 4.78 is 5.45. The average Bonchev–Trinajstić information content (AvgIpc) is 2.66. The molecule has 1 atom stereocenters. The van der Waals surface area contributed by atoms with E-state index in [1.54, 1.807) is 0 Å². The number of hydrogen-bond donors (Lipinski definition) is 2. The smallest absolute Gasteiger partial charge is 0.410 e. The summed E-state index contributed by atoms with van der Waals surface area (Å²) in [5.41, 5.74) is -0.424. The Morgan fingerprint density at radius 2 is 2.09 bits per heavy atom. The predicted molar refractivity (Wildman–Crippen MR) is 92.5 cm³/mol. The second-order valence-electron chi connectivity index (χ2n) is 6.74. The molecule has 1 aliphatic heterocycles. The van der Waals surface area contributed by atoms with Crippen LogP contribution in [0.2, 0.25) is 0 Å². The second kappa shape index (κ2) is 10.3. The zero-order valence-corrected chi connectivity index (χ0v) is 15.1. The third-order valence-electron chi connectivity index (χ3n) is 3.51. The van der Waals surface area contributed by atoms with Crippen molar-refractivity contribution in [1.82, 2.24) is 10.2 Å². The number of thioether (sulfide) groups is 1. The summed E-state index contributed by atoms with van der Waals surface area (Å²) in [6, 6.07) is 0.492. The van der Waals surface area contributed by atoms with Crippen LogP contribution < -0.4 is 5.32 Å². The molecule has 1 amide bonds. The van der Waals surface area contributed by atoms with Gasteiger partial charge in [-0.1, -0.05) is 0 Å². The number of ether oxygens (including phenoxy) is 1. The van der Waals surface area contributed by atoms with Crippen molar-refractivity contribution in [3.63, 3.8) is 0 Å². The lowest BCUT2D eigenvalue weighted by Gasteiger charge is -2.26. The maximum absolute atomic E-state index is 12.1. The maximum Gasteiger partial charge on any atom is 0.410 e. The van der Waals surface area contributed by atoms with Crippen molar-refractivity contribution in [2.45, 2.75) is 58.1 Å². The number of aliphatic hydroxyl groups excluding tert-OH is 1. The van der Waals surface area contributed by atoms with Gasteiger partial charge in [0.15, 0.2) is 0 Å². The van der Waals surface area contributed by atoms with Crippen molar-refractivity contribution in [3.05, 3.63) is 0 Å². The highest BCUT2D eigenvalue weighted by Crippen LogP contribution is 2.15. The van der Waals surface area contributed by atoms with Gasteiger partial charge in [-0.05, 0) is 52.2 Å². The predicted octanol–water partition coefficient (Wildman–Crippen LogP) is 2.48. The molecular formula is C16H32N2O3S. The van der Waals surface area contributed by atoms with Crippen molar-refractivity contribution >= 4 is 17.9 Å². The molecule has 0 radical (unpaired) electrons. The first-order valence-corrected chi connectivity index (χ1v) is 9.48. The highest BCUT2D eigenvalue weighted by atomic mass is 32.2. The van der Waals surface area contributed by atoms with Crippen molar-refractivity contribution < 1.29 is 14.6 Å². The van der Waals surface area contributed by atoms with Gasteiger partial charge >= 0.3 is 6.09 Å². The molecule has 22 heavy (non-hydrogen) atoms. The standard InChI is InChI=1S/C16H32N2O3S/c1-16(2,3)21-15(20)18-9-4-6-14(7-10-18)17-8-13-22-12-5-11-19/h14,17,19H,4-13H2,1-3H3. The van der Waals surface area contributed by atoms with E-state index in [2.05, 4.69) is 5.32 Å². The normalized spacial score (nSPS) is 19.8. The number of carbonyl (C=O) groups excluding carboxylic acids is 1. The Hall–Kier alpha value is -0.460. The number of nitrogens with one attached hydrogen (secondary N) is 1. The first-order chi connectivity index (χ1) is 10.4. The van der Waals surface area contributed by atoms with E-state index in [-0.39, 0.29) is 12.7 Å². The number of hydrogen-bond acceptors (Lipinski definition) is 5. The quantitative estimate of drug-likeness (QED) is 0.701. The number of amides is 1. The van der Waals surface area contributed by atoms with Crippen molar-refractivity contribution in [3.8, 4) is 0 Å². The van der Waals surface area contributed by atoms with Gasteiger partial charge in [0, 0.05) is 38.0 Å². The van der Waals surface area contributed by atoms with Crippen molar-refractivity contribution in [1.29, 1.82) is 0 Å². The van der Waals surface area contributed by atoms with Crippen LogP contribution in [0.4, 0.5) is 4.79 Å².